The molecular formula is C17H35NO. The zero-order valence-electron chi connectivity index (χ0n) is 13.8. The molecular weight excluding hydrogens is 234 g/mol. The molecule has 1 aliphatic rings. The zero-order valence-corrected chi connectivity index (χ0v) is 13.8. The molecule has 2 heteroatoms. The molecule has 0 aliphatic heterocycles. The summed E-state index contributed by atoms with van der Waals surface area (Å²) in [6, 6.07) is 0. The smallest absolute Gasteiger partial charge is 0.0703 e. The molecule has 1 rings (SSSR count). The highest BCUT2D eigenvalue weighted by Crippen LogP contribution is 2.29. The van der Waals surface area contributed by atoms with Crippen molar-refractivity contribution in [2.24, 2.45) is 5.92 Å². The topological polar surface area (TPSA) is 21.3 Å². The molecule has 1 saturated carbocycles. The highest BCUT2D eigenvalue weighted by atomic mass is 16.5. The summed E-state index contributed by atoms with van der Waals surface area (Å²) in [5.41, 5.74) is 0.188. The molecule has 0 amide bonds. The monoisotopic (exact) mass is 269 g/mol. The number of rotatable bonds is 7. The predicted molar refractivity (Wildman–Crippen MR) is 83.6 cm³/mol. The van der Waals surface area contributed by atoms with E-state index >= 15 is 0 Å². The third-order valence-corrected chi connectivity index (χ3v) is 4.17. The van der Waals surface area contributed by atoms with Gasteiger partial charge in [-0.1, -0.05) is 39.5 Å². The van der Waals surface area contributed by atoms with Crippen LogP contribution in [0.15, 0.2) is 0 Å². The summed E-state index contributed by atoms with van der Waals surface area (Å²) in [6.07, 6.45) is 9.93. The maximum absolute atomic E-state index is 6.40. The summed E-state index contributed by atoms with van der Waals surface area (Å²) >= 11 is 0. The Morgan fingerprint density at radius 3 is 2.53 bits per heavy atom. The lowest BCUT2D eigenvalue weighted by Gasteiger charge is -2.33. The Labute approximate surface area is 120 Å². The van der Waals surface area contributed by atoms with E-state index in [4.69, 9.17) is 4.74 Å². The van der Waals surface area contributed by atoms with Crippen LogP contribution in [0.3, 0.4) is 0 Å². The van der Waals surface area contributed by atoms with Gasteiger partial charge in [0.25, 0.3) is 0 Å². The fraction of sp³-hybridized carbons (Fsp3) is 1.00. The van der Waals surface area contributed by atoms with Crippen LogP contribution in [-0.4, -0.2) is 24.3 Å². The highest BCUT2D eigenvalue weighted by molar-refractivity contribution is 4.77. The summed E-state index contributed by atoms with van der Waals surface area (Å²) in [6.45, 7) is 12.2. The van der Waals surface area contributed by atoms with Crippen LogP contribution < -0.4 is 5.32 Å². The molecule has 0 bridgehead atoms. The minimum atomic E-state index is 0.188. The largest absolute Gasteiger partial charge is 0.374 e. The van der Waals surface area contributed by atoms with Crippen molar-refractivity contribution < 1.29 is 4.74 Å². The van der Waals surface area contributed by atoms with Gasteiger partial charge in [0.2, 0.25) is 0 Å². The molecule has 0 aromatic heterocycles. The molecule has 0 aromatic carbocycles. The Morgan fingerprint density at radius 2 is 1.95 bits per heavy atom. The van der Waals surface area contributed by atoms with E-state index in [0.717, 1.165) is 12.5 Å². The van der Waals surface area contributed by atoms with Gasteiger partial charge in [0.1, 0.15) is 0 Å². The Balaban J connectivity index is 2.39. The predicted octanol–water partition coefficient (Wildman–Crippen LogP) is 4.53. The first-order valence-electron chi connectivity index (χ1n) is 8.35. The molecule has 1 aliphatic carbocycles. The van der Waals surface area contributed by atoms with E-state index in [1.807, 2.05) is 0 Å². The Bertz CT molecular complexity index is 234. The minimum Gasteiger partial charge on any atom is -0.374 e. The molecule has 114 valence electrons. The van der Waals surface area contributed by atoms with Crippen molar-refractivity contribution in [3.63, 3.8) is 0 Å². The molecule has 1 N–H and O–H groups in total. The van der Waals surface area contributed by atoms with Crippen molar-refractivity contribution in [1.29, 1.82) is 0 Å². The minimum absolute atomic E-state index is 0.188. The Kier molecular flexibility index (Phi) is 7.38. The van der Waals surface area contributed by atoms with Crippen molar-refractivity contribution in [3.05, 3.63) is 0 Å². The second-order valence-corrected chi connectivity index (χ2v) is 7.24. The Morgan fingerprint density at radius 1 is 1.21 bits per heavy atom. The fourth-order valence-corrected chi connectivity index (χ4v) is 2.97. The fourth-order valence-electron chi connectivity index (χ4n) is 2.97. The average molecular weight is 269 g/mol. The molecule has 1 fully saturated rings. The summed E-state index contributed by atoms with van der Waals surface area (Å²) in [5.74, 6) is 0.900. The van der Waals surface area contributed by atoms with Crippen LogP contribution in [0.2, 0.25) is 0 Å². The van der Waals surface area contributed by atoms with Crippen LogP contribution in [0.5, 0.6) is 0 Å². The average Bonchev–Trinajstić information content (AvgIpc) is 2.35. The molecule has 2 nitrogen and oxygen atoms in total. The molecule has 0 spiro atoms. The molecule has 0 aromatic rings. The van der Waals surface area contributed by atoms with E-state index in [9.17, 15) is 0 Å². The second-order valence-electron chi connectivity index (χ2n) is 7.24. The first-order valence-corrected chi connectivity index (χ1v) is 8.35. The molecule has 0 heterocycles. The van der Waals surface area contributed by atoms with Crippen LogP contribution in [0.25, 0.3) is 0 Å². The standard InChI is InChI=1S/C17H35NO/c1-6-9-16(13-18-17(3,4)5)19-15-11-8-10-14(7-2)12-15/h14-16,18H,6-13H2,1-5H3. The summed E-state index contributed by atoms with van der Waals surface area (Å²) in [7, 11) is 0. The number of ether oxygens (including phenoxy) is 1. The molecule has 19 heavy (non-hydrogen) atoms. The Hall–Kier alpha value is -0.0800. The molecule has 3 unspecified atom stereocenters. The van der Waals surface area contributed by atoms with Gasteiger partial charge in [-0.25, -0.2) is 0 Å². The van der Waals surface area contributed by atoms with Crippen LogP contribution in [0.4, 0.5) is 0 Å². The number of hydrogen-bond donors (Lipinski definition) is 1. The van der Waals surface area contributed by atoms with Gasteiger partial charge in [0.05, 0.1) is 12.2 Å². The lowest BCUT2D eigenvalue weighted by Crippen LogP contribution is -2.43. The van der Waals surface area contributed by atoms with Crippen LogP contribution in [0.1, 0.15) is 79.6 Å². The quantitative estimate of drug-likeness (QED) is 0.733. The summed E-state index contributed by atoms with van der Waals surface area (Å²) < 4.78 is 6.40. The molecule has 3 atom stereocenters. The lowest BCUT2D eigenvalue weighted by atomic mass is 9.85. The van der Waals surface area contributed by atoms with Gasteiger partial charge in [-0.05, 0) is 46.0 Å². The van der Waals surface area contributed by atoms with E-state index in [2.05, 4.69) is 39.9 Å². The first-order chi connectivity index (χ1) is 8.94. The maximum Gasteiger partial charge on any atom is 0.0703 e. The van der Waals surface area contributed by atoms with E-state index in [0.29, 0.717) is 12.2 Å². The van der Waals surface area contributed by atoms with Crippen LogP contribution in [-0.2, 0) is 4.74 Å². The van der Waals surface area contributed by atoms with E-state index in [1.54, 1.807) is 0 Å². The zero-order chi connectivity index (χ0) is 14.3. The van der Waals surface area contributed by atoms with E-state index in [-0.39, 0.29) is 5.54 Å². The molecule has 0 saturated heterocycles. The summed E-state index contributed by atoms with van der Waals surface area (Å²) in [5, 5.41) is 3.60. The van der Waals surface area contributed by atoms with Gasteiger partial charge in [0.15, 0.2) is 0 Å². The van der Waals surface area contributed by atoms with Crippen molar-refractivity contribution in [2.75, 3.05) is 6.54 Å². The number of hydrogen-bond acceptors (Lipinski definition) is 2. The van der Waals surface area contributed by atoms with Crippen molar-refractivity contribution in [3.8, 4) is 0 Å². The maximum atomic E-state index is 6.40. The first kappa shape index (κ1) is 17.0. The lowest BCUT2D eigenvalue weighted by molar-refractivity contribution is -0.0450. The summed E-state index contributed by atoms with van der Waals surface area (Å²) in [4.78, 5) is 0. The number of nitrogens with one attached hydrogen (secondary N) is 1. The van der Waals surface area contributed by atoms with Gasteiger partial charge < -0.3 is 10.1 Å². The van der Waals surface area contributed by atoms with Gasteiger partial charge in [0, 0.05) is 12.1 Å². The van der Waals surface area contributed by atoms with Crippen molar-refractivity contribution >= 4 is 0 Å². The van der Waals surface area contributed by atoms with Crippen molar-refractivity contribution in [1.82, 2.24) is 5.32 Å². The van der Waals surface area contributed by atoms with Crippen LogP contribution in [0, 0.1) is 5.92 Å². The van der Waals surface area contributed by atoms with Gasteiger partial charge >= 0.3 is 0 Å². The normalized spacial score (nSPS) is 26.4. The van der Waals surface area contributed by atoms with E-state index in [1.165, 1.54) is 44.9 Å². The van der Waals surface area contributed by atoms with E-state index < -0.39 is 0 Å². The van der Waals surface area contributed by atoms with Gasteiger partial charge in [-0.2, -0.15) is 0 Å². The SMILES string of the molecule is CCCC(CNC(C)(C)C)OC1CCCC(CC)C1. The third kappa shape index (κ3) is 7.31. The molecule has 0 radical (unpaired) electrons. The van der Waals surface area contributed by atoms with Crippen LogP contribution >= 0.6 is 0 Å². The highest BCUT2D eigenvalue weighted by Gasteiger charge is 2.24. The van der Waals surface area contributed by atoms with Gasteiger partial charge in [-0.15, -0.1) is 0 Å². The second kappa shape index (κ2) is 8.26. The third-order valence-electron chi connectivity index (χ3n) is 4.17. The van der Waals surface area contributed by atoms with Gasteiger partial charge in [-0.3, -0.25) is 0 Å². The van der Waals surface area contributed by atoms with Crippen molar-refractivity contribution in [2.45, 2.75) is 97.3 Å².